The standard InChI is InChI=1S/C23H31ClN2O4S/c1-17(2)15-26(16-18-4-6-19(24)7-5-18)31(27,28)21-10-8-20(9-11-21)30-22-12-13-25-14-23(22)29-3/h4-11,17,22-23,25H,12-16H2,1-3H3/t22-,23-/m0/s1. The minimum atomic E-state index is -3.66. The summed E-state index contributed by atoms with van der Waals surface area (Å²) in [5, 5.41) is 3.91. The van der Waals surface area contributed by atoms with E-state index in [1.807, 2.05) is 26.0 Å². The van der Waals surface area contributed by atoms with Gasteiger partial charge in [0.25, 0.3) is 0 Å². The molecule has 0 aromatic heterocycles. The first-order valence-electron chi connectivity index (χ1n) is 10.5. The first-order valence-corrected chi connectivity index (χ1v) is 12.4. The fraction of sp³-hybridized carbons (Fsp3) is 0.478. The zero-order valence-electron chi connectivity index (χ0n) is 18.3. The highest BCUT2D eigenvalue weighted by Crippen LogP contribution is 2.24. The summed E-state index contributed by atoms with van der Waals surface area (Å²) < 4.78 is 39.8. The maximum atomic E-state index is 13.4. The number of ether oxygens (including phenoxy) is 2. The smallest absolute Gasteiger partial charge is 0.243 e. The molecule has 0 saturated carbocycles. The summed E-state index contributed by atoms with van der Waals surface area (Å²) in [5.41, 5.74) is 0.894. The van der Waals surface area contributed by atoms with E-state index < -0.39 is 10.0 Å². The molecule has 1 saturated heterocycles. The van der Waals surface area contributed by atoms with E-state index in [9.17, 15) is 8.42 Å². The van der Waals surface area contributed by atoms with Gasteiger partial charge in [-0.05, 0) is 60.8 Å². The largest absolute Gasteiger partial charge is 0.488 e. The van der Waals surface area contributed by atoms with Crippen molar-refractivity contribution in [2.45, 2.75) is 43.9 Å². The van der Waals surface area contributed by atoms with Gasteiger partial charge in [-0.15, -0.1) is 0 Å². The molecule has 0 aliphatic carbocycles. The Labute approximate surface area is 190 Å². The molecule has 0 unspecified atom stereocenters. The van der Waals surface area contributed by atoms with Crippen LogP contribution in [0.25, 0.3) is 0 Å². The monoisotopic (exact) mass is 466 g/mol. The molecule has 1 aliphatic rings. The third-order valence-corrected chi connectivity index (χ3v) is 7.34. The fourth-order valence-electron chi connectivity index (χ4n) is 3.64. The highest BCUT2D eigenvalue weighted by atomic mass is 35.5. The van der Waals surface area contributed by atoms with Crippen LogP contribution in [0.15, 0.2) is 53.4 Å². The number of hydrogen-bond donors (Lipinski definition) is 1. The van der Waals surface area contributed by atoms with Crippen molar-refractivity contribution in [2.75, 3.05) is 26.7 Å². The van der Waals surface area contributed by atoms with Gasteiger partial charge in [0.1, 0.15) is 18.0 Å². The van der Waals surface area contributed by atoms with Gasteiger partial charge in [0.15, 0.2) is 0 Å². The molecule has 2 atom stereocenters. The van der Waals surface area contributed by atoms with E-state index in [2.05, 4.69) is 5.32 Å². The normalized spacial score (nSPS) is 19.7. The zero-order valence-corrected chi connectivity index (χ0v) is 19.8. The fourth-order valence-corrected chi connectivity index (χ4v) is 5.36. The van der Waals surface area contributed by atoms with Crippen LogP contribution in [0.4, 0.5) is 0 Å². The second kappa shape index (κ2) is 10.8. The molecule has 6 nitrogen and oxygen atoms in total. The quantitative estimate of drug-likeness (QED) is 0.606. The Morgan fingerprint density at radius 1 is 1.10 bits per heavy atom. The second-order valence-corrected chi connectivity index (χ2v) is 10.6. The summed E-state index contributed by atoms with van der Waals surface area (Å²) in [5.74, 6) is 0.830. The molecule has 0 radical (unpaired) electrons. The molecule has 8 heteroatoms. The molecule has 1 heterocycles. The van der Waals surface area contributed by atoms with Crippen LogP contribution in [0.1, 0.15) is 25.8 Å². The van der Waals surface area contributed by atoms with E-state index >= 15 is 0 Å². The number of rotatable bonds is 9. The average molecular weight is 467 g/mol. The lowest BCUT2D eigenvalue weighted by atomic mass is 10.1. The first kappa shape index (κ1) is 24.0. The van der Waals surface area contributed by atoms with Gasteiger partial charge in [0.2, 0.25) is 10.0 Å². The summed E-state index contributed by atoms with van der Waals surface area (Å²) in [6.45, 7) is 6.34. The molecule has 1 N–H and O–H groups in total. The molecule has 0 bridgehead atoms. The van der Waals surface area contributed by atoms with Crippen LogP contribution in [0.3, 0.4) is 0 Å². The second-order valence-electron chi connectivity index (χ2n) is 8.21. The Morgan fingerprint density at radius 2 is 1.77 bits per heavy atom. The number of sulfonamides is 1. The van der Waals surface area contributed by atoms with Gasteiger partial charge < -0.3 is 14.8 Å². The molecule has 0 amide bonds. The number of piperidine rings is 1. The van der Waals surface area contributed by atoms with E-state index in [0.717, 1.165) is 25.1 Å². The molecular weight excluding hydrogens is 436 g/mol. The van der Waals surface area contributed by atoms with E-state index in [0.29, 0.717) is 23.9 Å². The minimum Gasteiger partial charge on any atom is -0.488 e. The van der Waals surface area contributed by atoms with Crippen LogP contribution < -0.4 is 10.1 Å². The Hall–Kier alpha value is -1.64. The number of nitrogens with one attached hydrogen (secondary N) is 1. The Kier molecular flexibility index (Phi) is 8.36. The van der Waals surface area contributed by atoms with E-state index in [4.69, 9.17) is 21.1 Å². The van der Waals surface area contributed by atoms with Gasteiger partial charge in [-0.2, -0.15) is 4.31 Å². The molecule has 1 fully saturated rings. The number of methoxy groups -OCH3 is 1. The SMILES string of the molecule is CO[C@H]1CNCC[C@@H]1Oc1ccc(S(=O)(=O)N(Cc2ccc(Cl)cc2)CC(C)C)cc1. The Morgan fingerprint density at radius 3 is 2.39 bits per heavy atom. The predicted molar refractivity (Wildman–Crippen MR) is 123 cm³/mol. The van der Waals surface area contributed by atoms with Crippen molar-refractivity contribution in [1.82, 2.24) is 9.62 Å². The van der Waals surface area contributed by atoms with Gasteiger partial charge in [-0.1, -0.05) is 37.6 Å². The zero-order chi connectivity index (χ0) is 22.4. The number of nitrogens with zero attached hydrogens (tertiary/aromatic N) is 1. The minimum absolute atomic E-state index is 0.0296. The summed E-state index contributed by atoms with van der Waals surface area (Å²) >= 11 is 5.97. The van der Waals surface area contributed by atoms with Gasteiger partial charge in [-0.3, -0.25) is 0 Å². The van der Waals surface area contributed by atoms with Gasteiger partial charge in [-0.25, -0.2) is 8.42 Å². The molecule has 3 rings (SSSR count). The van der Waals surface area contributed by atoms with Crippen LogP contribution >= 0.6 is 11.6 Å². The highest BCUT2D eigenvalue weighted by Gasteiger charge is 2.28. The Balaban J connectivity index is 1.76. The van der Waals surface area contributed by atoms with Crippen molar-refractivity contribution in [3.63, 3.8) is 0 Å². The summed E-state index contributed by atoms with van der Waals surface area (Å²) in [4.78, 5) is 0.253. The van der Waals surface area contributed by atoms with Crippen LogP contribution in [-0.2, 0) is 21.3 Å². The van der Waals surface area contributed by atoms with Crippen LogP contribution in [0.2, 0.25) is 5.02 Å². The van der Waals surface area contributed by atoms with Crippen molar-refractivity contribution in [2.24, 2.45) is 5.92 Å². The van der Waals surface area contributed by atoms with Gasteiger partial charge in [0, 0.05) is 31.8 Å². The van der Waals surface area contributed by atoms with E-state index in [-0.39, 0.29) is 23.0 Å². The number of halogens is 1. The maximum absolute atomic E-state index is 13.4. The van der Waals surface area contributed by atoms with Crippen LogP contribution in [0.5, 0.6) is 5.75 Å². The predicted octanol–water partition coefficient (Wildman–Crippen LogP) is 3.94. The Bertz CT molecular complexity index is 933. The molecule has 2 aromatic rings. The van der Waals surface area contributed by atoms with E-state index in [1.165, 1.54) is 4.31 Å². The molecule has 2 aromatic carbocycles. The summed E-state index contributed by atoms with van der Waals surface area (Å²) in [6, 6.07) is 13.9. The third kappa shape index (κ3) is 6.43. The average Bonchev–Trinajstić information content (AvgIpc) is 2.75. The lowest BCUT2D eigenvalue weighted by Crippen LogP contribution is -2.47. The van der Waals surface area contributed by atoms with Crippen LogP contribution in [-0.4, -0.2) is 51.7 Å². The highest BCUT2D eigenvalue weighted by molar-refractivity contribution is 7.89. The maximum Gasteiger partial charge on any atom is 0.243 e. The van der Waals surface area contributed by atoms with Crippen LogP contribution in [0, 0.1) is 5.92 Å². The molecule has 170 valence electrons. The van der Waals surface area contributed by atoms with E-state index in [1.54, 1.807) is 43.5 Å². The van der Waals surface area contributed by atoms with Crippen molar-refractivity contribution < 1.29 is 17.9 Å². The number of benzene rings is 2. The topological polar surface area (TPSA) is 67.9 Å². The first-order chi connectivity index (χ1) is 14.8. The van der Waals surface area contributed by atoms with Crippen molar-refractivity contribution in [3.05, 3.63) is 59.1 Å². The molecular formula is C23H31ClN2O4S. The van der Waals surface area contributed by atoms with Gasteiger partial charge >= 0.3 is 0 Å². The number of hydrogen-bond acceptors (Lipinski definition) is 5. The molecule has 31 heavy (non-hydrogen) atoms. The molecule has 1 aliphatic heterocycles. The third-order valence-electron chi connectivity index (χ3n) is 5.26. The summed E-state index contributed by atoms with van der Waals surface area (Å²) in [7, 11) is -1.99. The lowest BCUT2D eigenvalue weighted by Gasteiger charge is -2.31. The summed E-state index contributed by atoms with van der Waals surface area (Å²) in [6.07, 6.45) is 0.746. The van der Waals surface area contributed by atoms with Crippen molar-refractivity contribution >= 4 is 21.6 Å². The van der Waals surface area contributed by atoms with Gasteiger partial charge in [0.05, 0.1) is 4.90 Å². The lowest BCUT2D eigenvalue weighted by molar-refractivity contribution is -0.0141. The molecule has 0 spiro atoms. The van der Waals surface area contributed by atoms with Crippen molar-refractivity contribution in [1.29, 1.82) is 0 Å². The van der Waals surface area contributed by atoms with Crippen molar-refractivity contribution in [3.8, 4) is 5.75 Å².